The molecule has 3 aromatic rings. The van der Waals surface area contributed by atoms with Crippen LogP contribution in [0.25, 0.3) is 10.9 Å². The molecule has 1 heterocycles. The number of carbonyl (C=O) groups is 1. The molecule has 1 aromatic heterocycles. The number of para-hydroxylation sites is 3. The van der Waals surface area contributed by atoms with Crippen LogP contribution in [-0.4, -0.2) is 24.2 Å². The summed E-state index contributed by atoms with van der Waals surface area (Å²) in [5, 5.41) is 4.23. The largest absolute Gasteiger partial charge is 0.492 e. The smallest absolute Gasteiger partial charge is 0.341 e. The van der Waals surface area contributed by atoms with Crippen LogP contribution >= 0.6 is 0 Å². The second-order valence-electron chi connectivity index (χ2n) is 5.79. The van der Waals surface area contributed by atoms with E-state index in [-0.39, 0.29) is 0 Å². The average molecular weight is 350 g/mol. The lowest BCUT2D eigenvalue weighted by Crippen LogP contribution is -2.10. The van der Waals surface area contributed by atoms with Crippen molar-refractivity contribution in [1.82, 2.24) is 4.98 Å². The molecule has 26 heavy (non-hydrogen) atoms. The number of pyridine rings is 1. The maximum absolute atomic E-state index is 12.5. The summed E-state index contributed by atoms with van der Waals surface area (Å²) in [4.78, 5) is 16.9. The number of carbonyl (C=O) groups excluding carboxylic acids is 1. The van der Waals surface area contributed by atoms with E-state index in [1.807, 2.05) is 56.3 Å². The maximum Gasteiger partial charge on any atom is 0.341 e. The number of esters is 1. The van der Waals surface area contributed by atoms with Crippen LogP contribution in [0.4, 0.5) is 11.4 Å². The van der Waals surface area contributed by atoms with Crippen LogP contribution in [0, 0.1) is 6.92 Å². The van der Waals surface area contributed by atoms with Gasteiger partial charge in [-0.3, -0.25) is 4.98 Å². The molecule has 5 nitrogen and oxygen atoms in total. The number of ether oxygens (including phenoxy) is 2. The summed E-state index contributed by atoms with van der Waals surface area (Å²) >= 11 is 0. The van der Waals surface area contributed by atoms with E-state index in [0.717, 1.165) is 27.9 Å². The molecular formula is C21H22N2O3. The van der Waals surface area contributed by atoms with Crippen molar-refractivity contribution in [2.75, 3.05) is 18.5 Å². The van der Waals surface area contributed by atoms with E-state index in [1.165, 1.54) is 0 Å². The fraction of sp³-hybridized carbons (Fsp3) is 0.238. The standard InChI is InChI=1S/C21H22N2O3/c1-4-25-18-12-7-6-11-17(18)23-20-15-10-8-9-14(3)19(15)22-13-16(20)21(24)26-5-2/h6-13H,4-5H2,1-3H3,(H,22,23). The number of nitrogens with one attached hydrogen (secondary N) is 1. The van der Waals surface area contributed by atoms with Crippen molar-refractivity contribution < 1.29 is 14.3 Å². The Morgan fingerprint density at radius 1 is 1.08 bits per heavy atom. The predicted octanol–water partition coefficient (Wildman–Crippen LogP) is 4.86. The van der Waals surface area contributed by atoms with Gasteiger partial charge in [-0.2, -0.15) is 0 Å². The summed E-state index contributed by atoms with van der Waals surface area (Å²) in [7, 11) is 0. The number of aryl methyl sites for hydroxylation is 1. The lowest BCUT2D eigenvalue weighted by molar-refractivity contribution is 0.0527. The lowest BCUT2D eigenvalue weighted by Gasteiger charge is -2.17. The molecule has 0 saturated carbocycles. The van der Waals surface area contributed by atoms with Gasteiger partial charge in [0.2, 0.25) is 0 Å². The summed E-state index contributed by atoms with van der Waals surface area (Å²) in [6.07, 6.45) is 1.57. The molecule has 0 aliphatic heterocycles. The summed E-state index contributed by atoms with van der Waals surface area (Å²) in [6, 6.07) is 13.5. The second-order valence-corrected chi connectivity index (χ2v) is 5.79. The molecule has 0 spiro atoms. The van der Waals surface area contributed by atoms with Gasteiger partial charge in [-0.05, 0) is 38.5 Å². The second kappa shape index (κ2) is 7.87. The highest BCUT2D eigenvalue weighted by molar-refractivity contribution is 6.06. The van der Waals surface area contributed by atoms with Gasteiger partial charge in [0.25, 0.3) is 0 Å². The van der Waals surface area contributed by atoms with Gasteiger partial charge in [-0.25, -0.2) is 4.79 Å². The Morgan fingerprint density at radius 2 is 1.88 bits per heavy atom. The monoisotopic (exact) mass is 350 g/mol. The summed E-state index contributed by atoms with van der Waals surface area (Å²) in [5.74, 6) is 0.322. The number of nitrogens with zero attached hydrogens (tertiary/aromatic N) is 1. The SMILES string of the molecule is CCOC(=O)c1cnc2c(C)cccc2c1Nc1ccccc1OCC. The van der Waals surface area contributed by atoms with E-state index >= 15 is 0 Å². The van der Waals surface area contributed by atoms with Gasteiger partial charge in [0.15, 0.2) is 0 Å². The van der Waals surface area contributed by atoms with Gasteiger partial charge >= 0.3 is 5.97 Å². The van der Waals surface area contributed by atoms with E-state index in [9.17, 15) is 4.79 Å². The van der Waals surface area contributed by atoms with E-state index in [2.05, 4.69) is 10.3 Å². The lowest BCUT2D eigenvalue weighted by atomic mass is 10.1. The number of aromatic nitrogens is 1. The molecule has 0 unspecified atom stereocenters. The van der Waals surface area contributed by atoms with Crippen LogP contribution < -0.4 is 10.1 Å². The highest BCUT2D eigenvalue weighted by Gasteiger charge is 2.18. The highest BCUT2D eigenvalue weighted by Crippen LogP contribution is 2.34. The first-order chi connectivity index (χ1) is 12.7. The summed E-state index contributed by atoms with van der Waals surface area (Å²) in [6.45, 7) is 6.58. The van der Waals surface area contributed by atoms with Crippen LogP contribution in [0.15, 0.2) is 48.7 Å². The third kappa shape index (κ3) is 3.47. The Bertz CT molecular complexity index is 938. The van der Waals surface area contributed by atoms with E-state index < -0.39 is 5.97 Å². The predicted molar refractivity (Wildman–Crippen MR) is 103 cm³/mol. The number of rotatable bonds is 6. The first kappa shape index (κ1) is 17.7. The highest BCUT2D eigenvalue weighted by atomic mass is 16.5. The first-order valence-corrected chi connectivity index (χ1v) is 8.70. The van der Waals surface area contributed by atoms with Crippen molar-refractivity contribution in [3.05, 3.63) is 59.8 Å². The number of fused-ring (bicyclic) bond motifs is 1. The van der Waals surface area contributed by atoms with Crippen molar-refractivity contribution in [2.45, 2.75) is 20.8 Å². The minimum atomic E-state index is -0.403. The molecule has 0 bridgehead atoms. The van der Waals surface area contributed by atoms with Crippen molar-refractivity contribution in [3.63, 3.8) is 0 Å². The molecule has 1 N–H and O–H groups in total. The molecule has 0 aliphatic rings. The Balaban J connectivity index is 2.17. The zero-order valence-electron chi connectivity index (χ0n) is 15.2. The van der Waals surface area contributed by atoms with Gasteiger partial charge in [0, 0.05) is 11.6 Å². The Labute approximate surface area is 153 Å². The third-order valence-corrected chi connectivity index (χ3v) is 4.04. The molecule has 5 heteroatoms. The number of anilines is 2. The third-order valence-electron chi connectivity index (χ3n) is 4.04. The molecule has 3 rings (SSSR count). The van der Waals surface area contributed by atoms with Crippen LogP contribution in [0.5, 0.6) is 5.75 Å². The van der Waals surface area contributed by atoms with Crippen LogP contribution in [0.2, 0.25) is 0 Å². The molecular weight excluding hydrogens is 328 g/mol. The molecule has 0 aliphatic carbocycles. The van der Waals surface area contributed by atoms with Crippen molar-refractivity contribution in [3.8, 4) is 5.75 Å². The molecule has 0 amide bonds. The van der Waals surface area contributed by atoms with Crippen LogP contribution in [-0.2, 0) is 4.74 Å². The van der Waals surface area contributed by atoms with Crippen LogP contribution in [0.3, 0.4) is 0 Å². The number of hydrogen-bond acceptors (Lipinski definition) is 5. The molecule has 134 valence electrons. The first-order valence-electron chi connectivity index (χ1n) is 8.70. The molecule has 0 atom stereocenters. The van der Waals surface area contributed by atoms with Gasteiger partial charge in [-0.15, -0.1) is 0 Å². The minimum absolute atomic E-state index is 0.305. The summed E-state index contributed by atoms with van der Waals surface area (Å²) < 4.78 is 10.9. The van der Waals surface area contributed by atoms with Gasteiger partial charge in [-0.1, -0.05) is 30.3 Å². The van der Waals surface area contributed by atoms with Crippen molar-refractivity contribution in [1.29, 1.82) is 0 Å². The van der Waals surface area contributed by atoms with Gasteiger partial charge < -0.3 is 14.8 Å². The van der Waals surface area contributed by atoms with E-state index in [4.69, 9.17) is 9.47 Å². The van der Waals surface area contributed by atoms with Crippen molar-refractivity contribution in [2.24, 2.45) is 0 Å². The minimum Gasteiger partial charge on any atom is -0.492 e. The average Bonchev–Trinajstić information content (AvgIpc) is 2.64. The molecule has 0 saturated heterocycles. The quantitative estimate of drug-likeness (QED) is 0.643. The van der Waals surface area contributed by atoms with E-state index in [1.54, 1.807) is 13.1 Å². The Hall–Kier alpha value is -3.08. The fourth-order valence-corrected chi connectivity index (χ4v) is 2.86. The normalized spacial score (nSPS) is 10.6. The zero-order valence-corrected chi connectivity index (χ0v) is 15.2. The molecule has 2 aromatic carbocycles. The maximum atomic E-state index is 12.5. The summed E-state index contributed by atoms with van der Waals surface area (Å²) in [5.41, 5.74) is 3.74. The van der Waals surface area contributed by atoms with Gasteiger partial charge in [0.05, 0.1) is 30.1 Å². The van der Waals surface area contributed by atoms with Gasteiger partial charge in [0.1, 0.15) is 11.3 Å². The van der Waals surface area contributed by atoms with E-state index in [0.29, 0.717) is 24.5 Å². The Morgan fingerprint density at radius 3 is 2.65 bits per heavy atom. The van der Waals surface area contributed by atoms with Crippen molar-refractivity contribution >= 4 is 28.2 Å². The fourth-order valence-electron chi connectivity index (χ4n) is 2.86. The number of hydrogen-bond donors (Lipinski definition) is 1. The number of benzene rings is 2. The van der Waals surface area contributed by atoms with Crippen LogP contribution in [0.1, 0.15) is 29.8 Å². The Kier molecular flexibility index (Phi) is 5.37. The molecule has 0 fully saturated rings. The zero-order chi connectivity index (χ0) is 18.5. The topological polar surface area (TPSA) is 60.5 Å². The molecule has 0 radical (unpaired) electrons.